The van der Waals surface area contributed by atoms with E-state index >= 15 is 0 Å². The van der Waals surface area contributed by atoms with Crippen LogP contribution in [0, 0.1) is 5.92 Å². The number of aromatic nitrogens is 3. The monoisotopic (exact) mass is 433 g/mol. The van der Waals surface area contributed by atoms with Crippen molar-refractivity contribution >= 4 is 40.7 Å². The molecule has 1 aliphatic carbocycles. The number of hydrogen-bond acceptors (Lipinski definition) is 7. The second kappa shape index (κ2) is 8.87. The van der Waals surface area contributed by atoms with Crippen molar-refractivity contribution in [3.63, 3.8) is 0 Å². The molecule has 0 aromatic carbocycles. The van der Waals surface area contributed by atoms with Gasteiger partial charge in [0.2, 0.25) is 11.9 Å². The molecule has 2 aromatic rings. The van der Waals surface area contributed by atoms with Crippen LogP contribution in [0.1, 0.15) is 60.1 Å². The Morgan fingerprint density at radius 1 is 1.21 bits per heavy atom. The zero-order valence-electron chi connectivity index (χ0n) is 16.9. The minimum atomic E-state index is -0.0692. The van der Waals surface area contributed by atoms with Crippen molar-refractivity contribution < 1.29 is 9.59 Å². The standard InChI is InChI=1S/C20H27N5O2S2/c1-13-7-9-24(10-8-13)19-22-23-20(25(19)15-3-4-15)28-12-17(27)18-6-5-16(29-18)11-21-14(2)26/h5-6,13,15H,3-4,7-12H2,1-2H3,(H,21,26). The second-order valence-corrected chi connectivity index (χ2v) is 10.1. The molecule has 156 valence electrons. The first-order chi connectivity index (χ1) is 14.0. The van der Waals surface area contributed by atoms with Crippen LogP contribution in [0.2, 0.25) is 0 Å². The number of amides is 1. The van der Waals surface area contributed by atoms with Crippen molar-refractivity contribution in [3.8, 4) is 0 Å². The first-order valence-electron chi connectivity index (χ1n) is 10.2. The van der Waals surface area contributed by atoms with E-state index in [1.807, 2.05) is 12.1 Å². The van der Waals surface area contributed by atoms with Crippen LogP contribution in [0.5, 0.6) is 0 Å². The summed E-state index contributed by atoms with van der Waals surface area (Å²) in [6, 6.07) is 4.22. The number of hydrogen-bond donors (Lipinski definition) is 1. The summed E-state index contributed by atoms with van der Waals surface area (Å²) in [5.41, 5.74) is 0. The summed E-state index contributed by atoms with van der Waals surface area (Å²) < 4.78 is 2.25. The lowest BCUT2D eigenvalue weighted by Crippen LogP contribution is -2.34. The highest BCUT2D eigenvalue weighted by atomic mass is 32.2. The molecular formula is C20H27N5O2S2. The molecular weight excluding hydrogens is 406 g/mol. The Bertz CT molecular complexity index is 881. The fourth-order valence-electron chi connectivity index (χ4n) is 3.48. The molecule has 1 saturated carbocycles. The lowest BCUT2D eigenvalue weighted by Gasteiger charge is -2.31. The van der Waals surface area contributed by atoms with E-state index < -0.39 is 0 Å². The van der Waals surface area contributed by atoms with Crippen LogP contribution in [-0.2, 0) is 11.3 Å². The molecule has 3 heterocycles. The topological polar surface area (TPSA) is 80.1 Å². The maximum atomic E-state index is 12.6. The maximum Gasteiger partial charge on any atom is 0.228 e. The summed E-state index contributed by atoms with van der Waals surface area (Å²) in [6.45, 7) is 6.32. The molecule has 0 radical (unpaired) electrons. The molecule has 0 spiro atoms. The van der Waals surface area contributed by atoms with Gasteiger partial charge in [-0.3, -0.25) is 14.2 Å². The molecule has 1 N–H and O–H groups in total. The van der Waals surface area contributed by atoms with Gasteiger partial charge in [-0.2, -0.15) is 0 Å². The molecule has 0 atom stereocenters. The molecule has 7 nitrogen and oxygen atoms in total. The molecule has 29 heavy (non-hydrogen) atoms. The molecule has 0 bridgehead atoms. The van der Waals surface area contributed by atoms with Gasteiger partial charge in [-0.05, 0) is 43.7 Å². The first-order valence-corrected chi connectivity index (χ1v) is 12.0. The Labute approximate surface area is 179 Å². The summed E-state index contributed by atoms with van der Waals surface area (Å²) in [5.74, 6) is 2.12. The van der Waals surface area contributed by atoms with Crippen molar-refractivity contribution in [1.29, 1.82) is 0 Å². The Morgan fingerprint density at radius 3 is 2.66 bits per heavy atom. The van der Waals surface area contributed by atoms with Crippen LogP contribution < -0.4 is 10.2 Å². The summed E-state index contributed by atoms with van der Waals surface area (Å²) in [4.78, 5) is 27.7. The number of anilines is 1. The number of nitrogens with one attached hydrogen (secondary N) is 1. The maximum absolute atomic E-state index is 12.6. The fraction of sp³-hybridized carbons (Fsp3) is 0.600. The minimum Gasteiger partial charge on any atom is -0.351 e. The third-order valence-corrected chi connectivity index (χ3v) is 7.47. The Kier molecular flexibility index (Phi) is 6.24. The molecule has 4 rings (SSSR count). The van der Waals surface area contributed by atoms with E-state index in [9.17, 15) is 9.59 Å². The van der Waals surface area contributed by atoms with Crippen LogP contribution in [0.4, 0.5) is 5.95 Å². The summed E-state index contributed by atoms with van der Waals surface area (Å²) in [5, 5.41) is 12.5. The van der Waals surface area contributed by atoms with Crippen molar-refractivity contribution in [2.24, 2.45) is 5.92 Å². The van der Waals surface area contributed by atoms with Crippen LogP contribution in [0.25, 0.3) is 0 Å². The predicted molar refractivity (Wildman–Crippen MR) is 116 cm³/mol. The molecule has 2 aromatic heterocycles. The smallest absolute Gasteiger partial charge is 0.228 e. The van der Waals surface area contributed by atoms with E-state index in [0.717, 1.165) is 52.7 Å². The minimum absolute atomic E-state index is 0.0692. The number of carbonyl (C=O) groups is 2. The first kappa shape index (κ1) is 20.4. The fourth-order valence-corrected chi connectivity index (χ4v) is 5.34. The number of nitrogens with zero attached hydrogens (tertiary/aromatic N) is 4. The molecule has 1 aliphatic heterocycles. The third kappa shape index (κ3) is 5.01. The number of piperidine rings is 1. The average Bonchev–Trinajstić information content (AvgIpc) is 3.27. The van der Waals surface area contributed by atoms with Gasteiger partial charge in [0.15, 0.2) is 10.9 Å². The van der Waals surface area contributed by atoms with E-state index in [1.54, 1.807) is 0 Å². The van der Waals surface area contributed by atoms with Gasteiger partial charge in [0.25, 0.3) is 0 Å². The van der Waals surface area contributed by atoms with Crippen molar-refractivity contribution in [1.82, 2.24) is 20.1 Å². The van der Waals surface area contributed by atoms with Crippen LogP contribution in [0.15, 0.2) is 17.3 Å². The number of ketones is 1. The van der Waals surface area contributed by atoms with Crippen LogP contribution in [-0.4, -0.2) is 45.3 Å². The molecule has 0 unspecified atom stereocenters. The van der Waals surface area contributed by atoms with E-state index in [2.05, 4.69) is 31.9 Å². The lowest BCUT2D eigenvalue weighted by molar-refractivity contribution is -0.119. The summed E-state index contributed by atoms with van der Waals surface area (Å²) >= 11 is 2.92. The number of thioether (sulfide) groups is 1. The average molecular weight is 434 g/mol. The van der Waals surface area contributed by atoms with Gasteiger partial charge in [0, 0.05) is 30.9 Å². The lowest BCUT2D eigenvalue weighted by atomic mass is 10.00. The van der Waals surface area contributed by atoms with E-state index in [4.69, 9.17) is 0 Å². The van der Waals surface area contributed by atoms with Crippen molar-refractivity contribution in [2.75, 3.05) is 23.7 Å². The third-order valence-electron chi connectivity index (χ3n) is 5.41. The Balaban J connectivity index is 1.39. The summed E-state index contributed by atoms with van der Waals surface area (Å²) in [7, 11) is 0. The summed E-state index contributed by atoms with van der Waals surface area (Å²) in [6.07, 6.45) is 4.71. The zero-order valence-corrected chi connectivity index (χ0v) is 18.5. The van der Waals surface area contributed by atoms with Gasteiger partial charge in [-0.1, -0.05) is 18.7 Å². The molecule has 2 fully saturated rings. The van der Waals surface area contributed by atoms with E-state index in [0.29, 0.717) is 18.3 Å². The largest absolute Gasteiger partial charge is 0.351 e. The van der Waals surface area contributed by atoms with Crippen LogP contribution >= 0.6 is 23.1 Å². The van der Waals surface area contributed by atoms with E-state index in [1.165, 1.54) is 42.9 Å². The Morgan fingerprint density at radius 2 is 1.97 bits per heavy atom. The number of thiophene rings is 1. The van der Waals surface area contributed by atoms with E-state index in [-0.39, 0.29) is 11.7 Å². The number of carbonyl (C=O) groups excluding carboxylic acids is 2. The second-order valence-electron chi connectivity index (χ2n) is 7.94. The quantitative estimate of drug-likeness (QED) is 0.507. The van der Waals surface area contributed by atoms with Gasteiger partial charge >= 0.3 is 0 Å². The molecule has 9 heteroatoms. The normalized spacial score (nSPS) is 17.5. The Hall–Kier alpha value is -1.87. The van der Waals surface area contributed by atoms with Crippen molar-refractivity contribution in [2.45, 2.75) is 57.3 Å². The molecule has 2 aliphatic rings. The van der Waals surface area contributed by atoms with Gasteiger partial charge in [-0.25, -0.2) is 0 Å². The van der Waals surface area contributed by atoms with Gasteiger partial charge in [-0.15, -0.1) is 21.5 Å². The van der Waals surface area contributed by atoms with Gasteiger partial charge < -0.3 is 10.2 Å². The number of rotatable bonds is 8. The highest BCUT2D eigenvalue weighted by Crippen LogP contribution is 2.41. The zero-order chi connectivity index (χ0) is 20.4. The van der Waals surface area contributed by atoms with Gasteiger partial charge in [0.05, 0.1) is 17.2 Å². The molecule has 1 amide bonds. The SMILES string of the molecule is CC(=O)NCc1ccc(C(=O)CSc2nnc(N3CCC(C)CC3)n2C2CC2)s1. The predicted octanol–water partition coefficient (Wildman–Crippen LogP) is 3.52. The van der Waals surface area contributed by atoms with Gasteiger partial charge in [0.1, 0.15) is 0 Å². The molecule has 1 saturated heterocycles. The highest BCUT2D eigenvalue weighted by Gasteiger charge is 2.32. The highest BCUT2D eigenvalue weighted by molar-refractivity contribution is 7.99. The van der Waals surface area contributed by atoms with Crippen LogP contribution in [0.3, 0.4) is 0 Å². The number of Topliss-reactive ketones (excluding diaryl/α,β-unsaturated/α-hetero) is 1. The van der Waals surface area contributed by atoms with Crippen molar-refractivity contribution in [3.05, 3.63) is 21.9 Å².